The molecule has 3 N–H and O–H groups in total. The summed E-state index contributed by atoms with van der Waals surface area (Å²) >= 11 is 16.6. The molecule has 0 radical (unpaired) electrons. The van der Waals surface area contributed by atoms with Crippen LogP contribution in [0.25, 0.3) is 0 Å². The van der Waals surface area contributed by atoms with Crippen LogP contribution in [0, 0.1) is 0 Å². The molecule has 0 bridgehead atoms. The zero-order chi connectivity index (χ0) is 13.1. The van der Waals surface area contributed by atoms with Crippen molar-refractivity contribution in [3.05, 3.63) is 46.3 Å². The third-order valence-corrected chi connectivity index (χ3v) is 2.68. The van der Waals surface area contributed by atoms with Crippen molar-refractivity contribution < 1.29 is 0 Å². The number of hydrogen-bond donors (Lipinski definition) is 2. The van der Waals surface area contributed by atoms with Gasteiger partial charge in [0.25, 0.3) is 0 Å². The van der Waals surface area contributed by atoms with Gasteiger partial charge in [-0.05, 0) is 18.2 Å². The van der Waals surface area contributed by atoms with E-state index < -0.39 is 0 Å². The number of aromatic nitrogens is 2. The highest BCUT2D eigenvalue weighted by Crippen LogP contribution is 2.24. The Morgan fingerprint density at radius 3 is 2.28 bits per heavy atom. The molecular formula is C11H8Cl2N4S. The molecule has 0 saturated carbocycles. The second kappa shape index (κ2) is 5.48. The minimum atomic E-state index is 0.208. The van der Waals surface area contributed by atoms with E-state index in [1.54, 1.807) is 18.2 Å². The Morgan fingerprint density at radius 1 is 1.11 bits per heavy atom. The average molecular weight is 299 g/mol. The molecule has 0 aliphatic rings. The number of hydrogen-bond acceptors (Lipinski definition) is 4. The highest BCUT2D eigenvalue weighted by Gasteiger charge is 2.02. The molecule has 4 nitrogen and oxygen atoms in total. The predicted octanol–water partition coefficient (Wildman–Crippen LogP) is 3.16. The van der Waals surface area contributed by atoms with E-state index in [-0.39, 0.29) is 4.99 Å². The summed E-state index contributed by atoms with van der Waals surface area (Å²) in [5.74, 6) is 0.549. The SMILES string of the molecule is NC(=S)c1cnc(Nc2cc(Cl)cc(Cl)c2)cn1. The minimum absolute atomic E-state index is 0.208. The molecule has 7 heteroatoms. The van der Waals surface area contributed by atoms with Crippen LogP contribution in [-0.4, -0.2) is 15.0 Å². The first-order valence-corrected chi connectivity index (χ1v) is 6.06. The summed E-state index contributed by atoms with van der Waals surface area (Å²) < 4.78 is 0. The van der Waals surface area contributed by atoms with E-state index in [2.05, 4.69) is 15.3 Å². The van der Waals surface area contributed by atoms with E-state index in [1.165, 1.54) is 12.4 Å². The molecule has 0 aliphatic heterocycles. The lowest BCUT2D eigenvalue weighted by Gasteiger charge is -2.06. The number of benzene rings is 1. The Morgan fingerprint density at radius 2 is 1.78 bits per heavy atom. The van der Waals surface area contributed by atoms with Crippen LogP contribution in [0.2, 0.25) is 10.0 Å². The minimum Gasteiger partial charge on any atom is -0.388 e. The molecule has 2 aromatic rings. The number of nitrogens with one attached hydrogen (secondary N) is 1. The quantitative estimate of drug-likeness (QED) is 0.852. The van der Waals surface area contributed by atoms with E-state index in [9.17, 15) is 0 Å². The first-order chi connectivity index (χ1) is 8.54. The van der Waals surface area contributed by atoms with Gasteiger partial charge in [0, 0.05) is 15.7 Å². The van der Waals surface area contributed by atoms with Crippen molar-refractivity contribution in [1.82, 2.24) is 9.97 Å². The monoisotopic (exact) mass is 298 g/mol. The van der Waals surface area contributed by atoms with Crippen LogP contribution in [0.4, 0.5) is 11.5 Å². The van der Waals surface area contributed by atoms with Crippen molar-refractivity contribution >= 4 is 51.9 Å². The second-order valence-corrected chi connectivity index (χ2v) is 4.75. The lowest BCUT2D eigenvalue weighted by atomic mass is 10.3. The Labute approximate surface area is 119 Å². The van der Waals surface area contributed by atoms with E-state index in [0.29, 0.717) is 21.6 Å². The largest absolute Gasteiger partial charge is 0.388 e. The zero-order valence-electron chi connectivity index (χ0n) is 9.02. The third-order valence-electron chi connectivity index (χ3n) is 2.04. The normalized spacial score (nSPS) is 10.1. The van der Waals surface area contributed by atoms with Crippen LogP contribution in [-0.2, 0) is 0 Å². The van der Waals surface area contributed by atoms with Gasteiger partial charge in [-0.1, -0.05) is 35.4 Å². The number of anilines is 2. The van der Waals surface area contributed by atoms with Gasteiger partial charge >= 0.3 is 0 Å². The highest BCUT2D eigenvalue weighted by molar-refractivity contribution is 7.80. The van der Waals surface area contributed by atoms with Gasteiger partial charge in [-0.3, -0.25) is 0 Å². The van der Waals surface area contributed by atoms with Gasteiger partial charge in [-0.2, -0.15) is 0 Å². The van der Waals surface area contributed by atoms with Gasteiger partial charge in [0.15, 0.2) is 0 Å². The van der Waals surface area contributed by atoms with Gasteiger partial charge in [0.1, 0.15) is 16.5 Å². The molecule has 0 amide bonds. The fraction of sp³-hybridized carbons (Fsp3) is 0. The lowest BCUT2D eigenvalue weighted by molar-refractivity contribution is 1.18. The van der Waals surface area contributed by atoms with Crippen molar-refractivity contribution in [2.75, 3.05) is 5.32 Å². The van der Waals surface area contributed by atoms with Crippen molar-refractivity contribution in [2.24, 2.45) is 5.73 Å². The topological polar surface area (TPSA) is 63.8 Å². The maximum atomic E-state index is 5.89. The molecule has 92 valence electrons. The molecule has 1 aromatic heterocycles. The highest BCUT2D eigenvalue weighted by atomic mass is 35.5. The standard InChI is InChI=1S/C11H8Cl2N4S/c12-6-1-7(13)3-8(2-6)17-10-5-15-9(4-16-10)11(14)18/h1-5H,(H2,14,18)(H,16,17). The van der Waals surface area contributed by atoms with Gasteiger partial charge in [0.05, 0.1) is 12.4 Å². The molecule has 0 unspecified atom stereocenters. The summed E-state index contributed by atoms with van der Waals surface area (Å²) in [6, 6.07) is 5.11. The third kappa shape index (κ3) is 3.29. The van der Waals surface area contributed by atoms with Crippen LogP contribution in [0.3, 0.4) is 0 Å². The number of nitrogens with two attached hydrogens (primary N) is 1. The Balaban J connectivity index is 2.20. The Hall–Kier alpha value is -1.43. The molecular weight excluding hydrogens is 291 g/mol. The van der Waals surface area contributed by atoms with Crippen molar-refractivity contribution in [3.63, 3.8) is 0 Å². The van der Waals surface area contributed by atoms with E-state index in [1.807, 2.05) is 0 Å². The lowest BCUT2D eigenvalue weighted by Crippen LogP contribution is -2.12. The van der Waals surface area contributed by atoms with E-state index in [0.717, 1.165) is 5.69 Å². The van der Waals surface area contributed by atoms with Gasteiger partial charge in [-0.15, -0.1) is 0 Å². The van der Waals surface area contributed by atoms with Crippen LogP contribution in [0.15, 0.2) is 30.6 Å². The van der Waals surface area contributed by atoms with Gasteiger partial charge in [0.2, 0.25) is 0 Å². The van der Waals surface area contributed by atoms with Crippen LogP contribution in [0.5, 0.6) is 0 Å². The summed E-state index contributed by atoms with van der Waals surface area (Å²) in [6.07, 6.45) is 3.03. The second-order valence-electron chi connectivity index (χ2n) is 3.43. The molecule has 1 heterocycles. The Kier molecular flexibility index (Phi) is 3.96. The molecule has 0 saturated heterocycles. The molecule has 0 fully saturated rings. The van der Waals surface area contributed by atoms with E-state index in [4.69, 9.17) is 41.2 Å². The fourth-order valence-electron chi connectivity index (χ4n) is 1.29. The van der Waals surface area contributed by atoms with Gasteiger partial charge < -0.3 is 11.1 Å². The molecule has 1 aromatic carbocycles. The molecule has 18 heavy (non-hydrogen) atoms. The summed E-state index contributed by atoms with van der Waals surface area (Å²) in [6.45, 7) is 0. The number of rotatable bonds is 3. The summed E-state index contributed by atoms with van der Waals surface area (Å²) in [4.78, 5) is 8.40. The number of thiocarbonyl (C=S) groups is 1. The van der Waals surface area contributed by atoms with Crippen molar-refractivity contribution in [2.45, 2.75) is 0 Å². The zero-order valence-corrected chi connectivity index (χ0v) is 11.4. The predicted molar refractivity (Wildman–Crippen MR) is 77.7 cm³/mol. The Bertz CT molecular complexity index is 566. The maximum Gasteiger partial charge on any atom is 0.148 e. The molecule has 0 aliphatic carbocycles. The maximum absolute atomic E-state index is 5.89. The summed E-state index contributed by atoms with van der Waals surface area (Å²) in [7, 11) is 0. The van der Waals surface area contributed by atoms with Crippen LogP contribution < -0.4 is 11.1 Å². The van der Waals surface area contributed by atoms with Crippen LogP contribution >= 0.6 is 35.4 Å². The summed E-state index contributed by atoms with van der Waals surface area (Å²) in [5.41, 5.74) is 6.63. The van der Waals surface area contributed by atoms with Crippen molar-refractivity contribution in [3.8, 4) is 0 Å². The fourth-order valence-corrected chi connectivity index (χ4v) is 1.93. The summed E-state index contributed by atoms with van der Waals surface area (Å²) in [5, 5.41) is 4.10. The van der Waals surface area contributed by atoms with E-state index >= 15 is 0 Å². The smallest absolute Gasteiger partial charge is 0.148 e. The molecule has 0 spiro atoms. The van der Waals surface area contributed by atoms with Gasteiger partial charge in [-0.25, -0.2) is 9.97 Å². The molecule has 2 rings (SSSR count). The first kappa shape index (κ1) is 13.0. The average Bonchev–Trinajstić information content (AvgIpc) is 2.28. The van der Waals surface area contributed by atoms with Crippen LogP contribution in [0.1, 0.15) is 5.69 Å². The molecule has 0 atom stereocenters. The number of nitrogens with zero attached hydrogens (tertiary/aromatic N) is 2. The first-order valence-electron chi connectivity index (χ1n) is 4.89. The van der Waals surface area contributed by atoms with Crippen molar-refractivity contribution in [1.29, 1.82) is 0 Å². The number of halogens is 2.